The number of rotatable bonds is 3. The van der Waals surface area contributed by atoms with E-state index in [2.05, 4.69) is 17.7 Å². The number of carbonyl (C=O) groups excluding carboxylic acids is 1. The first-order valence-corrected chi connectivity index (χ1v) is 2.10. The molecule has 0 spiro atoms. The van der Waals surface area contributed by atoms with E-state index in [1.807, 2.05) is 0 Å². The quantitative estimate of drug-likeness (QED) is 0.285. The summed E-state index contributed by atoms with van der Waals surface area (Å²) in [6.45, 7) is 1.57. The van der Waals surface area contributed by atoms with Gasteiger partial charge in [0.25, 0.3) is 0 Å². The summed E-state index contributed by atoms with van der Waals surface area (Å²) < 4.78 is 3.95. The van der Waals surface area contributed by atoms with Crippen molar-refractivity contribution in [3.63, 3.8) is 0 Å². The minimum absolute atomic E-state index is 0.0155. The number of nitrogens with zero attached hydrogens (tertiary/aromatic N) is 1. The van der Waals surface area contributed by atoms with Crippen LogP contribution in [0.15, 0.2) is 4.99 Å². The molecule has 0 fully saturated rings. The fourth-order valence-electron chi connectivity index (χ4n) is 0.209. The molecule has 0 unspecified atom stereocenters. The van der Waals surface area contributed by atoms with Crippen molar-refractivity contribution in [1.82, 2.24) is 0 Å². The molecule has 4 heteroatoms. The lowest BCUT2D eigenvalue weighted by molar-refractivity contribution is -0.115. The van der Waals surface area contributed by atoms with Crippen LogP contribution in [0.5, 0.6) is 0 Å². The van der Waals surface area contributed by atoms with E-state index in [0.717, 1.165) is 6.40 Å². The van der Waals surface area contributed by atoms with Gasteiger partial charge in [-0.1, -0.05) is 0 Å². The predicted molar refractivity (Wildman–Crippen MR) is 30.9 cm³/mol. The van der Waals surface area contributed by atoms with Gasteiger partial charge in [-0.25, -0.2) is 0 Å². The third-order valence-electron chi connectivity index (χ3n) is 0.449. The Kier molecular flexibility index (Phi) is 3.93. The molecule has 0 heterocycles. The Morgan fingerprint density at radius 1 is 2.00 bits per heavy atom. The molecule has 0 saturated carbocycles. The number of Topliss-reactive ketones (excluding diaryl/α,β-unsaturated/α-hetero) is 1. The summed E-state index contributed by atoms with van der Waals surface area (Å²) in [5.41, 5.74) is 0. The van der Waals surface area contributed by atoms with Crippen molar-refractivity contribution >= 4 is 20.2 Å². The minimum Gasteiger partial charge on any atom is -0.560 e. The van der Waals surface area contributed by atoms with E-state index in [1.54, 1.807) is 0 Å². The van der Waals surface area contributed by atoms with Crippen molar-refractivity contribution < 1.29 is 9.45 Å². The smallest absolute Gasteiger partial charge is 0.375 e. The zero-order chi connectivity index (χ0) is 6.41. The van der Waals surface area contributed by atoms with Crippen LogP contribution in [0, 0.1) is 0 Å². The van der Waals surface area contributed by atoms with Crippen LogP contribution < -0.4 is 0 Å². The van der Waals surface area contributed by atoms with E-state index < -0.39 is 0 Å². The van der Waals surface area contributed by atoms with Gasteiger partial charge in [0, 0.05) is 0 Å². The van der Waals surface area contributed by atoms with Crippen LogP contribution in [-0.4, -0.2) is 26.8 Å². The van der Waals surface area contributed by atoms with E-state index in [4.69, 9.17) is 0 Å². The van der Waals surface area contributed by atoms with Crippen LogP contribution >= 0.6 is 0 Å². The highest BCUT2D eigenvalue weighted by Gasteiger charge is 1.83. The fraction of sp³-hybridized carbons (Fsp3) is 0.500. The Bertz CT molecular complexity index is 102. The monoisotopic (exact) mass is 111 g/mol. The number of hydrogen-bond acceptors (Lipinski definition) is 3. The minimum atomic E-state index is -0.0155. The number of hydrogen-bond donors (Lipinski definition) is 0. The molecule has 0 amide bonds. The first kappa shape index (κ1) is 7.20. The molecule has 8 heavy (non-hydrogen) atoms. The molecular weight excluding hydrogens is 105 g/mol. The summed E-state index contributed by atoms with van der Waals surface area (Å²) in [5, 5.41) is 0. The molecule has 0 rings (SSSR count). The van der Waals surface area contributed by atoms with Crippen molar-refractivity contribution in [3.05, 3.63) is 0 Å². The maximum atomic E-state index is 10.1. The van der Waals surface area contributed by atoms with Gasteiger partial charge in [-0.05, 0) is 6.92 Å². The summed E-state index contributed by atoms with van der Waals surface area (Å²) in [4.78, 5) is 13.6. The summed E-state index contributed by atoms with van der Waals surface area (Å²) >= 11 is 0. The van der Waals surface area contributed by atoms with E-state index in [-0.39, 0.29) is 12.3 Å². The third kappa shape index (κ3) is 5.20. The molecule has 0 aromatic heterocycles. The Labute approximate surface area is 49.2 Å². The Balaban J connectivity index is 3.16. The molecule has 0 bridgehead atoms. The zero-order valence-electron chi connectivity index (χ0n) is 4.63. The number of carbonyl (C=O) groups is 1. The molecular formula is C4H6BNO2. The summed E-state index contributed by atoms with van der Waals surface area (Å²) in [5.74, 6) is -0.0155. The molecule has 42 valence electrons. The molecule has 0 aliphatic heterocycles. The van der Waals surface area contributed by atoms with E-state index in [0.29, 0.717) is 0 Å². The maximum absolute atomic E-state index is 10.1. The summed E-state index contributed by atoms with van der Waals surface area (Å²) in [7, 11) is 4.55. The van der Waals surface area contributed by atoms with Gasteiger partial charge in [0.05, 0.1) is 0 Å². The summed E-state index contributed by atoms with van der Waals surface area (Å²) in [6, 6.07) is 0. The average Bonchev–Trinajstić information content (AvgIpc) is 1.66. The second-order valence-electron chi connectivity index (χ2n) is 1.28. The van der Waals surface area contributed by atoms with Crippen LogP contribution in [0.25, 0.3) is 0 Å². The van der Waals surface area contributed by atoms with Gasteiger partial charge < -0.3 is 4.65 Å². The Morgan fingerprint density at radius 3 is 3.00 bits per heavy atom. The van der Waals surface area contributed by atoms with E-state index >= 15 is 0 Å². The SMILES string of the molecule is [B]OC=NCC(C)=O. The van der Waals surface area contributed by atoms with E-state index in [9.17, 15) is 4.79 Å². The number of ketones is 1. The standard InChI is InChI=1S/C4H6BNO2/c1-4(7)2-6-3-8-5/h3H,2H2,1H3. The van der Waals surface area contributed by atoms with Gasteiger partial charge in [0.15, 0.2) is 12.2 Å². The highest BCUT2D eigenvalue weighted by molar-refractivity contribution is 6.02. The van der Waals surface area contributed by atoms with Crippen molar-refractivity contribution in [2.24, 2.45) is 4.99 Å². The normalized spacial score (nSPS) is 9.62. The third-order valence-corrected chi connectivity index (χ3v) is 0.449. The second kappa shape index (κ2) is 4.37. The predicted octanol–water partition coefficient (Wildman–Crippen LogP) is -0.296. The highest BCUT2D eigenvalue weighted by Crippen LogP contribution is 1.69. The molecule has 0 aliphatic carbocycles. The molecule has 0 saturated heterocycles. The van der Waals surface area contributed by atoms with Gasteiger partial charge in [-0.3, -0.25) is 9.79 Å². The largest absolute Gasteiger partial charge is 0.560 e. The zero-order valence-corrected chi connectivity index (χ0v) is 4.63. The Morgan fingerprint density at radius 2 is 2.62 bits per heavy atom. The van der Waals surface area contributed by atoms with Crippen LogP contribution in [0.2, 0.25) is 0 Å². The van der Waals surface area contributed by atoms with Gasteiger partial charge in [0.2, 0.25) is 0 Å². The number of aliphatic imine (C=N–C) groups is 1. The molecule has 0 aromatic rings. The molecule has 0 N–H and O–H groups in total. The van der Waals surface area contributed by atoms with Crippen LogP contribution in [0.3, 0.4) is 0 Å². The van der Waals surface area contributed by atoms with Crippen molar-refractivity contribution in [2.45, 2.75) is 6.92 Å². The highest BCUT2D eigenvalue weighted by atomic mass is 16.4. The van der Waals surface area contributed by atoms with Crippen molar-refractivity contribution in [3.8, 4) is 0 Å². The second-order valence-corrected chi connectivity index (χ2v) is 1.28. The molecule has 0 aliphatic rings. The lowest BCUT2D eigenvalue weighted by Crippen LogP contribution is -1.95. The van der Waals surface area contributed by atoms with Crippen LogP contribution in [0.4, 0.5) is 0 Å². The van der Waals surface area contributed by atoms with Crippen molar-refractivity contribution in [2.75, 3.05) is 6.54 Å². The topological polar surface area (TPSA) is 38.7 Å². The average molecular weight is 111 g/mol. The van der Waals surface area contributed by atoms with Gasteiger partial charge in [0.1, 0.15) is 6.54 Å². The van der Waals surface area contributed by atoms with Gasteiger partial charge in [-0.15, -0.1) is 0 Å². The van der Waals surface area contributed by atoms with Crippen molar-refractivity contribution in [1.29, 1.82) is 0 Å². The molecule has 0 atom stereocenters. The maximum Gasteiger partial charge on any atom is 0.375 e. The first-order valence-electron chi connectivity index (χ1n) is 2.10. The lowest BCUT2D eigenvalue weighted by Gasteiger charge is -1.84. The van der Waals surface area contributed by atoms with Gasteiger partial charge in [-0.2, -0.15) is 0 Å². The molecule has 2 radical (unpaired) electrons. The summed E-state index contributed by atoms with van der Waals surface area (Å²) in [6.07, 6.45) is 1.03. The Hall–Kier alpha value is -0.795. The van der Waals surface area contributed by atoms with Crippen LogP contribution in [0.1, 0.15) is 6.92 Å². The van der Waals surface area contributed by atoms with Gasteiger partial charge >= 0.3 is 8.05 Å². The van der Waals surface area contributed by atoms with Crippen LogP contribution in [-0.2, 0) is 9.45 Å². The molecule has 0 aromatic carbocycles. The molecule has 3 nitrogen and oxygen atoms in total. The first-order chi connectivity index (χ1) is 3.77. The van der Waals surface area contributed by atoms with E-state index in [1.165, 1.54) is 6.92 Å². The fourth-order valence-corrected chi connectivity index (χ4v) is 0.209. The lowest BCUT2D eigenvalue weighted by atomic mass is 10.5.